The second-order valence-electron chi connectivity index (χ2n) is 5.91. The van der Waals surface area contributed by atoms with Gasteiger partial charge in [0.05, 0.1) is 0 Å². The molecule has 0 fully saturated rings. The summed E-state index contributed by atoms with van der Waals surface area (Å²) in [4.78, 5) is 0. The third kappa shape index (κ3) is 3.07. The zero-order valence-electron chi connectivity index (χ0n) is 12.7. The Hall–Kier alpha value is -1.56. The Bertz CT molecular complexity index is 553. The van der Waals surface area contributed by atoms with Gasteiger partial charge in [0.25, 0.3) is 0 Å². The van der Waals surface area contributed by atoms with Crippen molar-refractivity contribution in [1.29, 1.82) is 0 Å². The highest BCUT2D eigenvalue weighted by atomic mass is 14.1. The molecule has 0 radical (unpaired) electrons. The van der Waals surface area contributed by atoms with Crippen LogP contribution in [0.1, 0.15) is 53.1 Å². The quantitative estimate of drug-likeness (QED) is 0.693. The summed E-state index contributed by atoms with van der Waals surface area (Å²) in [7, 11) is 0. The van der Waals surface area contributed by atoms with E-state index in [1.807, 2.05) is 0 Å². The minimum atomic E-state index is 0.585. The van der Waals surface area contributed by atoms with Gasteiger partial charge < -0.3 is 0 Å². The van der Waals surface area contributed by atoms with E-state index in [0.29, 0.717) is 5.92 Å². The van der Waals surface area contributed by atoms with Crippen LogP contribution in [0.15, 0.2) is 36.4 Å². The van der Waals surface area contributed by atoms with Crippen LogP contribution in [-0.4, -0.2) is 0 Å². The third-order valence-corrected chi connectivity index (χ3v) is 3.88. The van der Waals surface area contributed by atoms with Gasteiger partial charge in [-0.1, -0.05) is 55.8 Å². The van der Waals surface area contributed by atoms with E-state index in [-0.39, 0.29) is 0 Å². The van der Waals surface area contributed by atoms with Crippen molar-refractivity contribution >= 4 is 0 Å². The van der Waals surface area contributed by atoms with Gasteiger partial charge in [0.1, 0.15) is 0 Å². The molecule has 0 nitrogen and oxygen atoms in total. The molecule has 0 aliphatic rings. The monoisotopic (exact) mass is 252 g/mol. The molecule has 2 aromatic carbocycles. The first-order valence-corrected chi connectivity index (χ1v) is 7.13. The Morgan fingerprint density at radius 2 is 1.47 bits per heavy atom. The summed E-state index contributed by atoms with van der Waals surface area (Å²) in [5.41, 5.74) is 8.61. The molecule has 0 aliphatic heterocycles. The van der Waals surface area contributed by atoms with E-state index < -0.39 is 0 Å². The summed E-state index contributed by atoms with van der Waals surface area (Å²) in [6, 6.07) is 13.4. The SMILES string of the molecule is Cc1cc(C)c(Cc2ccccc2C(C)C)c(C)c1. The standard InChI is InChI=1S/C19H24/c1-13(2)18-9-7-6-8-17(18)12-19-15(4)10-14(3)11-16(19)5/h6-11,13H,12H2,1-5H3. The number of hydrogen-bond donors (Lipinski definition) is 0. The Labute approximate surface area is 117 Å². The van der Waals surface area contributed by atoms with E-state index in [1.165, 1.54) is 33.4 Å². The summed E-state index contributed by atoms with van der Waals surface area (Å²) in [5, 5.41) is 0. The molecule has 0 spiro atoms. The molecule has 0 bridgehead atoms. The highest BCUT2D eigenvalue weighted by molar-refractivity contribution is 5.43. The lowest BCUT2D eigenvalue weighted by molar-refractivity contribution is 0.847. The Balaban J connectivity index is 2.42. The van der Waals surface area contributed by atoms with Crippen molar-refractivity contribution < 1.29 is 0 Å². The van der Waals surface area contributed by atoms with Crippen LogP contribution >= 0.6 is 0 Å². The number of hydrogen-bond acceptors (Lipinski definition) is 0. The fraction of sp³-hybridized carbons (Fsp3) is 0.368. The van der Waals surface area contributed by atoms with E-state index in [2.05, 4.69) is 71.0 Å². The smallest absolute Gasteiger partial charge is 0.00177 e. The first-order valence-electron chi connectivity index (χ1n) is 7.13. The van der Waals surface area contributed by atoms with Gasteiger partial charge >= 0.3 is 0 Å². The van der Waals surface area contributed by atoms with Gasteiger partial charge in [-0.15, -0.1) is 0 Å². The number of aryl methyl sites for hydroxylation is 3. The molecule has 100 valence electrons. The molecule has 2 aromatic rings. The molecule has 0 atom stereocenters. The topological polar surface area (TPSA) is 0 Å². The summed E-state index contributed by atoms with van der Waals surface area (Å²) < 4.78 is 0. The maximum absolute atomic E-state index is 2.29. The van der Waals surface area contributed by atoms with Crippen LogP contribution in [-0.2, 0) is 6.42 Å². The van der Waals surface area contributed by atoms with Crippen molar-refractivity contribution in [3.63, 3.8) is 0 Å². The van der Waals surface area contributed by atoms with Crippen LogP contribution in [0, 0.1) is 20.8 Å². The average Bonchev–Trinajstić information content (AvgIpc) is 2.34. The van der Waals surface area contributed by atoms with E-state index in [0.717, 1.165) is 6.42 Å². The molecule has 0 N–H and O–H groups in total. The summed E-state index contributed by atoms with van der Waals surface area (Å²) in [5.74, 6) is 0.585. The first kappa shape index (κ1) is 13.9. The fourth-order valence-electron chi connectivity index (χ4n) is 2.94. The lowest BCUT2D eigenvalue weighted by Gasteiger charge is -2.16. The normalized spacial score (nSPS) is 11.1. The predicted octanol–water partition coefficient (Wildman–Crippen LogP) is 5.33. The minimum Gasteiger partial charge on any atom is -0.0620 e. The van der Waals surface area contributed by atoms with Crippen molar-refractivity contribution in [3.8, 4) is 0 Å². The van der Waals surface area contributed by atoms with Crippen LogP contribution in [0.5, 0.6) is 0 Å². The molecule has 0 aliphatic carbocycles. The molecule has 0 amide bonds. The minimum absolute atomic E-state index is 0.585. The zero-order chi connectivity index (χ0) is 14.0. The Morgan fingerprint density at radius 1 is 0.895 bits per heavy atom. The molecule has 19 heavy (non-hydrogen) atoms. The molecular weight excluding hydrogens is 228 g/mol. The summed E-state index contributed by atoms with van der Waals surface area (Å²) >= 11 is 0. The van der Waals surface area contributed by atoms with Gasteiger partial charge in [-0.25, -0.2) is 0 Å². The van der Waals surface area contributed by atoms with E-state index in [4.69, 9.17) is 0 Å². The molecular formula is C19H24. The molecule has 0 saturated carbocycles. The second kappa shape index (κ2) is 5.61. The lowest BCUT2D eigenvalue weighted by Crippen LogP contribution is -2.01. The average molecular weight is 252 g/mol. The largest absolute Gasteiger partial charge is 0.0620 e. The maximum Gasteiger partial charge on any atom is -0.00177 e. The van der Waals surface area contributed by atoms with Crippen LogP contribution in [0.2, 0.25) is 0 Å². The van der Waals surface area contributed by atoms with Crippen LogP contribution in [0.4, 0.5) is 0 Å². The Morgan fingerprint density at radius 3 is 2.05 bits per heavy atom. The van der Waals surface area contributed by atoms with Gasteiger partial charge in [0.2, 0.25) is 0 Å². The third-order valence-electron chi connectivity index (χ3n) is 3.88. The molecule has 0 heteroatoms. The van der Waals surface area contributed by atoms with Gasteiger partial charge in [0.15, 0.2) is 0 Å². The first-order chi connectivity index (χ1) is 8.99. The fourth-order valence-corrected chi connectivity index (χ4v) is 2.94. The van der Waals surface area contributed by atoms with Crippen LogP contribution < -0.4 is 0 Å². The van der Waals surface area contributed by atoms with E-state index in [1.54, 1.807) is 0 Å². The highest BCUT2D eigenvalue weighted by Gasteiger charge is 2.10. The second-order valence-corrected chi connectivity index (χ2v) is 5.91. The van der Waals surface area contributed by atoms with Crippen molar-refractivity contribution in [2.45, 2.75) is 47.0 Å². The molecule has 0 aromatic heterocycles. The van der Waals surface area contributed by atoms with E-state index in [9.17, 15) is 0 Å². The van der Waals surface area contributed by atoms with E-state index >= 15 is 0 Å². The van der Waals surface area contributed by atoms with Gasteiger partial charge in [0, 0.05) is 0 Å². The maximum atomic E-state index is 2.29. The summed E-state index contributed by atoms with van der Waals surface area (Å²) in [6.07, 6.45) is 1.05. The van der Waals surface area contributed by atoms with Crippen LogP contribution in [0.3, 0.4) is 0 Å². The van der Waals surface area contributed by atoms with Crippen molar-refractivity contribution in [2.24, 2.45) is 0 Å². The Kier molecular flexibility index (Phi) is 4.09. The van der Waals surface area contributed by atoms with Gasteiger partial charge in [-0.05, 0) is 60.9 Å². The number of rotatable bonds is 3. The van der Waals surface area contributed by atoms with Crippen molar-refractivity contribution in [2.75, 3.05) is 0 Å². The van der Waals surface area contributed by atoms with Gasteiger partial charge in [-0.3, -0.25) is 0 Å². The molecule has 2 rings (SSSR count). The van der Waals surface area contributed by atoms with Crippen LogP contribution in [0.25, 0.3) is 0 Å². The predicted molar refractivity (Wildman–Crippen MR) is 84.0 cm³/mol. The molecule has 0 unspecified atom stereocenters. The summed E-state index contributed by atoms with van der Waals surface area (Å²) in [6.45, 7) is 11.2. The van der Waals surface area contributed by atoms with Crippen molar-refractivity contribution in [3.05, 3.63) is 69.8 Å². The van der Waals surface area contributed by atoms with Crippen molar-refractivity contribution in [1.82, 2.24) is 0 Å². The molecule has 0 heterocycles. The zero-order valence-corrected chi connectivity index (χ0v) is 12.7. The lowest BCUT2D eigenvalue weighted by atomic mass is 9.89. The molecule has 0 saturated heterocycles. The number of benzene rings is 2. The van der Waals surface area contributed by atoms with Gasteiger partial charge in [-0.2, -0.15) is 0 Å². The highest BCUT2D eigenvalue weighted by Crippen LogP contribution is 2.25.